The normalized spacial score (nSPS) is 13.5. The van der Waals surface area contributed by atoms with Gasteiger partial charge in [0.05, 0.1) is 4.90 Å². The highest BCUT2D eigenvalue weighted by atomic mass is 79.9. The van der Waals surface area contributed by atoms with E-state index in [1.807, 2.05) is 6.26 Å². The van der Waals surface area contributed by atoms with E-state index < -0.39 is 10.0 Å². The van der Waals surface area contributed by atoms with Crippen LogP contribution in [-0.2, 0) is 10.0 Å². The van der Waals surface area contributed by atoms with Crippen molar-refractivity contribution in [2.45, 2.75) is 23.5 Å². The molecule has 0 aromatic heterocycles. The second kappa shape index (κ2) is 6.79. The first-order chi connectivity index (χ1) is 8.36. The molecule has 0 bridgehead atoms. The van der Waals surface area contributed by atoms with Crippen LogP contribution in [0.4, 0.5) is 5.69 Å². The molecular formula is C11H17BrN2O2S2. The second-order valence-electron chi connectivity index (χ2n) is 3.92. The van der Waals surface area contributed by atoms with Gasteiger partial charge in [0.1, 0.15) is 0 Å². The van der Waals surface area contributed by atoms with E-state index in [-0.39, 0.29) is 4.90 Å². The van der Waals surface area contributed by atoms with Crippen LogP contribution >= 0.6 is 27.7 Å². The number of hydrogen-bond acceptors (Lipinski definition) is 4. The van der Waals surface area contributed by atoms with Crippen LogP contribution < -0.4 is 10.5 Å². The average Bonchev–Trinajstić information content (AvgIpc) is 2.31. The Morgan fingerprint density at radius 1 is 1.50 bits per heavy atom. The first-order valence-corrected chi connectivity index (χ1v) is 9.00. The molecule has 0 saturated carbocycles. The molecule has 1 aromatic carbocycles. The van der Waals surface area contributed by atoms with Crippen LogP contribution in [0, 0.1) is 0 Å². The highest BCUT2D eigenvalue weighted by Gasteiger charge is 2.17. The van der Waals surface area contributed by atoms with Gasteiger partial charge in [-0.2, -0.15) is 11.8 Å². The first-order valence-electron chi connectivity index (χ1n) is 5.44. The maximum absolute atomic E-state index is 12.1. The van der Waals surface area contributed by atoms with Crippen molar-refractivity contribution < 1.29 is 8.42 Å². The molecule has 18 heavy (non-hydrogen) atoms. The van der Waals surface area contributed by atoms with E-state index in [1.165, 1.54) is 6.07 Å². The Kier molecular flexibility index (Phi) is 5.97. The van der Waals surface area contributed by atoms with Crippen LogP contribution in [0.3, 0.4) is 0 Å². The van der Waals surface area contributed by atoms with Crippen molar-refractivity contribution in [2.75, 3.05) is 18.5 Å². The summed E-state index contributed by atoms with van der Waals surface area (Å²) in [7, 11) is -3.50. The number of halogens is 1. The summed E-state index contributed by atoms with van der Waals surface area (Å²) < 4.78 is 27.2. The number of nitrogen functional groups attached to an aromatic ring is 1. The smallest absolute Gasteiger partial charge is 0.241 e. The van der Waals surface area contributed by atoms with Gasteiger partial charge in [0.2, 0.25) is 10.0 Å². The Bertz CT molecular complexity index is 506. The molecule has 1 rings (SSSR count). The number of benzene rings is 1. The minimum absolute atomic E-state index is 0.180. The Labute approximate surface area is 121 Å². The van der Waals surface area contributed by atoms with Gasteiger partial charge in [0, 0.05) is 22.0 Å². The second-order valence-corrected chi connectivity index (χ2v) is 7.79. The molecule has 3 N–H and O–H groups in total. The van der Waals surface area contributed by atoms with Crippen molar-refractivity contribution in [3.63, 3.8) is 0 Å². The van der Waals surface area contributed by atoms with E-state index in [0.717, 1.165) is 6.42 Å². The number of rotatable bonds is 6. The summed E-state index contributed by atoms with van der Waals surface area (Å²) >= 11 is 4.93. The fraction of sp³-hybridized carbons (Fsp3) is 0.455. The summed E-state index contributed by atoms with van der Waals surface area (Å²) in [6.45, 7) is 2.49. The molecular weight excluding hydrogens is 336 g/mol. The van der Waals surface area contributed by atoms with Gasteiger partial charge in [0.25, 0.3) is 0 Å². The predicted molar refractivity (Wildman–Crippen MR) is 81.3 cm³/mol. The summed E-state index contributed by atoms with van der Waals surface area (Å²) in [6, 6.07) is 4.73. The van der Waals surface area contributed by atoms with Crippen molar-refractivity contribution in [1.82, 2.24) is 4.72 Å². The molecule has 0 aliphatic heterocycles. The quantitative estimate of drug-likeness (QED) is 0.771. The zero-order valence-corrected chi connectivity index (χ0v) is 13.5. The molecule has 0 saturated heterocycles. The Hall–Kier alpha value is -0.240. The first kappa shape index (κ1) is 15.8. The van der Waals surface area contributed by atoms with Gasteiger partial charge in [-0.25, -0.2) is 13.1 Å². The third kappa shape index (κ3) is 4.46. The van der Waals surface area contributed by atoms with Crippen LogP contribution in [0.1, 0.15) is 13.3 Å². The number of nitrogens with one attached hydrogen (secondary N) is 1. The van der Waals surface area contributed by atoms with Crippen LogP contribution in [0.15, 0.2) is 27.6 Å². The molecule has 0 aliphatic carbocycles. The molecule has 0 heterocycles. The summed E-state index contributed by atoms with van der Waals surface area (Å²) in [4.78, 5) is 0.180. The molecule has 1 aromatic rings. The van der Waals surface area contributed by atoms with E-state index in [2.05, 4.69) is 27.6 Å². The molecule has 4 nitrogen and oxygen atoms in total. The van der Waals surface area contributed by atoms with Gasteiger partial charge in [-0.3, -0.25) is 0 Å². The lowest BCUT2D eigenvalue weighted by molar-refractivity contribution is 0.578. The zero-order valence-electron chi connectivity index (χ0n) is 10.3. The molecule has 0 radical (unpaired) electrons. The van der Waals surface area contributed by atoms with Gasteiger partial charge < -0.3 is 5.73 Å². The Morgan fingerprint density at radius 3 is 2.78 bits per heavy atom. The number of sulfonamides is 1. The van der Waals surface area contributed by atoms with E-state index in [9.17, 15) is 8.42 Å². The van der Waals surface area contributed by atoms with Crippen molar-refractivity contribution >= 4 is 43.4 Å². The number of anilines is 1. The van der Waals surface area contributed by atoms with Crippen molar-refractivity contribution in [2.24, 2.45) is 0 Å². The molecule has 7 heteroatoms. The molecule has 102 valence electrons. The third-order valence-electron chi connectivity index (χ3n) is 2.49. The molecule has 1 unspecified atom stereocenters. The summed E-state index contributed by atoms with van der Waals surface area (Å²) in [5, 5.41) is 0.428. The minimum Gasteiger partial charge on any atom is -0.399 e. The van der Waals surface area contributed by atoms with Crippen LogP contribution in [0.5, 0.6) is 0 Å². The van der Waals surface area contributed by atoms with Crippen molar-refractivity contribution in [1.29, 1.82) is 0 Å². The van der Waals surface area contributed by atoms with Crippen LogP contribution in [0.2, 0.25) is 0 Å². The molecule has 1 atom stereocenters. The number of thioether (sulfide) groups is 1. The predicted octanol–water partition coefficient (Wildman–Crippen LogP) is 2.45. The molecule has 0 aliphatic rings. The monoisotopic (exact) mass is 352 g/mol. The summed E-state index contributed by atoms with van der Waals surface area (Å²) in [6.07, 6.45) is 2.80. The molecule has 0 amide bonds. The van der Waals surface area contributed by atoms with Gasteiger partial charge in [0.15, 0.2) is 0 Å². The summed E-state index contributed by atoms with van der Waals surface area (Å²) in [5.41, 5.74) is 6.03. The van der Waals surface area contributed by atoms with E-state index in [1.54, 1.807) is 23.9 Å². The SMILES string of the molecule is CSC(C)CCNS(=O)(=O)c1cc(N)ccc1Br. The summed E-state index contributed by atoms with van der Waals surface area (Å²) in [5.74, 6) is 0. The fourth-order valence-corrected chi connectivity index (χ4v) is 3.72. The zero-order chi connectivity index (χ0) is 13.8. The van der Waals surface area contributed by atoms with E-state index in [0.29, 0.717) is 22.0 Å². The molecule has 0 spiro atoms. The third-order valence-corrected chi connectivity index (χ3v) is 5.99. The van der Waals surface area contributed by atoms with Gasteiger partial charge in [-0.1, -0.05) is 6.92 Å². The Morgan fingerprint density at radius 2 is 2.17 bits per heavy atom. The average molecular weight is 353 g/mol. The topological polar surface area (TPSA) is 72.2 Å². The highest BCUT2D eigenvalue weighted by Crippen LogP contribution is 2.24. The highest BCUT2D eigenvalue weighted by molar-refractivity contribution is 9.10. The van der Waals surface area contributed by atoms with Crippen LogP contribution in [-0.4, -0.2) is 26.5 Å². The number of nitrogens with two attached hydrogens (primary N) is 1. The van der Waals surface area contributed by atoms with Crippen molar-refractivity contribution in [3.8, 4) is 0 Å². The standard InChI is InChI=1S/C11H17BrN2O2S2/c1-8(17-2)5-6-14-18(15,16)11-7-9(13)3-4-10(11)12/h3-4,7-8,14H,5-6,13H2,1-2H3. The Balaban J connectivity index is 2.77. The van der Waals surface area contributed by atoms with Crippen molar-refractivity contribution in [3.05, 3.63) is 22.7 Å². The lowest BCUT2D eigenvalue weighted by Gasteiger charge is -2.11. The van der Waals surface area contributed by atoms with Gasteiger partial charge >= 0.3 is 0 Å². The lowest BCUT2D eigenvalue weighted by atomic mass is 10.3. The van der Waals surface area contributed by atoms with Crippen LogP contribution in [0.25, 0.3) is 0 Å². The minimum atomic E-state index is -3.50. The fourth-order valence-electron chi connectivity index (χ4n) is 1.32. The van der Waals surface area contributed by atoms with Gasteiger partial charge in [-0.15, -0.1) is 0 Å². The largest absolute Gasteiger partial charge is 0.399 e. The van der Waals surface area contributed by atoms with E-state index in [4.69, 9.17) is 5.73 Å². The molecule has 0 fully saturated rings. The van der Waals surface area contributed by atoms with Gasteiger partial charge in [-0.05, 0) is 46.8 Å². The maximum atomic E-state index is 12.1. The van der Waals surface area contributed by atoms with E-state index >= 15 is 0 Å². The maximum Gasteiger partial charge on any atom is 0.241 e. The number of hydrogen-bond donors (Lipinski definition) is 2. The lowest BCUT2D eigenvalue weighted by Crippen LogP contribution is -2.26.